The lowest BCUT2D eigenvalue weighted by Gasteiger charge is -1.98. The minimum Gasteiger partial charge on any atom is -0.462 e. The largest absolute Gasteiger partial charge is 0.462 e. The second-order valence-electron chi connectivity index (χ2n) is 3.16. The van der Waals surface area contributed by atoms with Crippen molar-refractivity contribution in [1.82, 2.24) is 10.3 Å². The summed E-state index contributed by atoms with van der Waals surface area (Å²) in [7, 11) is 0. The number of ether oxygens (including phenoxy) is 1. The van der Waals surface area contributed by atoms with Gasteiger partial charge in [-0.2, -0.15) is 0 Å². The van der Waals surface area contributed by atoms with Gasteiger partial charge < -0.3 is 10.1 Å². The molecule has 17 heavy (non-hydrogen) atoms. The molecule has 0 aromatic carbocycles. The number of carbonyl (C=O) groups excluding carboxylic acids is 2. The topological polar surface area (TPSA) is 68.3 Å². The highest BCUT2D eigenvalue weighted by atomic mass is 32.1. The number of hydrogen-bond donors (Lipinski definition) is 1. The summed E-state index contributed by atoms with van der Waals surface area (Å²) in [5.74, 6) is -0.640. The van der Waals surface area contributed by atoms with Gasteiger partial charge in [-0.25, -0.2) is 9.78 Å². The third-order valence-corrected chi connectivity index (χ3v) is 3.04. The fourth-order valence-corrected chi connectivity index (χ4v) is 2.05. The van der Waals surface area contributed by atoms with Crippen LogP contribution in [0.15, 0.2) is 12.7 Å². The summed E-state index contributed by atoms with van der Waals surface area (Å²) in [5, 5.41) is 3.27. The Morgan fingerprint density at radius 2 is 2.29 bits per heavy atom. The molecule has 0 unspecified atom stereocenters. The Bertz CT molecular complexity index is 440. The van der Waals surface area contributed by atoms with Gasteiger partial charge in [-0.3, -0.25) is 4.79 Å². The van der Waals surface area contributed by atoms with E-state index in [1.165, 1.54) is 17.4 Å². The summed E-state index contributed by atoms with van der Waals surface area (Å²) in [6.45, 7) is 7.45. The predicted octanol–water partition coefficient (Wildman–Crippen LogP) is 1.43. The molecule has 0 bridgehead atoms. The van der Waals surface area contributed by atoms with E-state index in [9.17, 15) is 9.59 Å². The Hall–Kier alpha value is -1.69. The molecule has 1 N–H and O–H groups in total. The van der Waals surface area contributed by atoms with Crippen LogP contribution in [-0.2, 0) is 16.1 Å². The smallest absolute Gasteiger partial charge is 0.350 e. The minimum atomic E-state index is -0.371. The van der Waals surface area contributed by atoms with E-state index in [1.54, 1.807) is 13.8 Å². The van der Waals surface area contributed by atoms with Gasteiger partial charge in [-0.15, -0.1) is 11.3 Å². The summed E-state index contributed by atoms with van der Waals surface area (Å²) >= 11 is 1.23. The van der Waals surface area contributed by atoms with Crippen molar-refractivity contribution in [3.05, 3.63) is 28.2 Å². The minimum absolute atomic E-state index is 0.268. The summed E-state index contributed by atoms with van der Waals surface area (Å²) < 4.78 is 4.90. The number of amides is 1. The molecule has 0 saturated carbocycles. The third-order valence-electron chi connectivity index (χ3n) is 1.90. The van der Waals surface area contributed by atoms with Gasteiger partial charge in [0.25, 0.3) is 0 Å². The van der Waals surface area contributed by atoms with Crippen LogP contribution in [0.2, 0.25) is 0 Å². The highest BCUT2D eigenvalue weighted by Gasteiger charge is 2.16. The maximum absolute atomic E-state index is 11.5. The molecule has 0 aliphatic heterocycles. The monoisotopic (exact) mass is 254 g/mol. The molecule has 1 aromatic rings. The first-order valence-corrected chi connectivity index (χ1v) is 5.93. The zero-order valence-electron chi connectivity index (χ0n) is 9.78. The second-order valence-corrected chi connectivity index (χ2v) is 4.25. The Morgan fingerprint density at radius 1 is 1.59 bits per heavy atom. The Labute approximate surface area is 104 Å². The van der Waals surface area contributed by atoms with Gasteiger partial charge >= 0.3 is 5.97 Å². The molecule has 1 amide bonds. The average Bonchev–Trinajstić information content (AvgIpc) is 2.68. The lowest BCUT2D eigenvalue weighted by atomic mass is 10.4. The quantitative estimate of drug-likeness (QED) is 0.637. The van der Waals surface area contributed by atoms with Crippen LogP contribution < -0.4 is 5.32 Å². The van der Waals surface area contributed by atoms with Gasteiger partial charge in [0, 0.05) is 0 Å². The number of aryl methyl sites for hydroxylation is 1. The number of nitrogens with one attached hydrogen (secondary N) is 1. The zero-order valence-corrected chi connectivity index (χ0v) is 10.6. The number of thiazole rings is 1. The first-order chi connectivity index (χ1) is 8.08. The van der Waals surface area contributed by atoms with E-state index < -0.39 is 0 Å². The van der Waals surface area contributed by atoms with E-state index in [0.717, 1.165) is 0 Å². The van der Waals surface area contributed by atoms with Gasteiger partial charge in [0.05, 0.1) is 18.8 Å². The lowest BCUT2D eigenvalue weighted by molar-refractivity contribution is -0.116. The number of nitrogens with zero attached hydrogens (tertiary/aromatic N) is 1. The molecule has 92 valence electrons. The Kier molecular flexibility index (Phi) is 4.84. The molecule has 5 nitrogen and oxygen atoms in total. The van der Waals surface area contributed by atoms with Crippen LogP contribution in [-0.4, -0.2) is 23.5 Å². The molecule has 0 atom stereocenters. The van der Waals surface area contributed by atoms with Crippen molar-refractivity contribution in [2.45, 2.75) is 20.4 Å². The molecule has 0 spiro atoms. The van der Waals surface area contributed by atoms with Crippen LogP contribution in [0.5, 0.6) is 0 Å². The fourth-order valence-electron chi connectivity index (χ4n) is 1.15. The molecule has 0 saturated heterocycles. The number of hydrogen-bond acceptors (Lipinski definition) is 5. The molecule has 0 aliphatic carbocycles. The van der Waals surface area contributed by atoms with Crippen molar-refractivity contribution in [1.29, 1.82) is 0 Å². The van der Waals surface area contributed by atoms with Crippen molar-refractivity contribution >= 4 is 23.2 Å². The Morgan fingerprint density at radius 3 is 2.88 bits per heavy atom. The van der Waals surface area contributed by atoms with Gasteiger partial charge in [0.15, 0.2) is 0 Å². The first kappa shape index (κ1) is 13.4. The molecule has 0 aliphatic rings. The zero-order chi connectivity index (χ0) is 12.8. The Balaban J connectivity index is 2.71. The summed E-state index contributed by atoms with van der Waals surface area (Å²) in [5.41, 5.74) is 0.622. The first-order valence-electron chi connectivity index (χ1n) is 5.12. The molecule has 6 heteroatoms. The number of esters is 1. The van der Waals surface area contributed by atoms with Gasteiger partial charge in [0.1, 0.15) is 9.88 Å². The number of aromatic nitrogens is 1. The van der Waals surface area contributed by atoms with E-state index in [2.05, 4.69) is 16.9 Å². The van der Waals surface area contributed by atoms with Gasteiger partial charge in [0.2, 0.25) is 5.91 Å². The molecular weight excluding hydrogens is 240 g/mol. The van der Waals surface area contributed by atoms with Crippen molar-refractivity contribution in [2.24, 2.45) is 0 Å². The van der Waals surface area contributed by atoms with Crippen molar-refractivity contribution in [2.75, 3.05) is 6.61 Å². The van der Waals surface area contributed by atoms with Crippen LogP contribution in [0.4, 0.5) is 0 Å². The van der Waals surface area contributed by atoms with Crippen molar-refractivity contribution in [3.8, 4) is 0 Å². The molecule has 1 rings (SSSR count). The fraction of sp³-hybridized carbons (Fsp3) is 0.364. The lowest BCUT2D eigenvalue weighted by Crippen LogP contribution is -2.19. The highest BCUT2D eigenvalue weighted by molar-refractivity contribution is 7.13. The molecular formula is C11H14N2O3S. The van der Waals surface area contributed by atoms with E-state index in [0.29, 0.717) is 22.2 Å². The van der Waals surface area contributed by atoms with E-state index in [4.69, 9.17) is 4.74 Å². The van der Waals surface area contributed by atoms with Crippen LogP contribution in [0.3, 0.4) is 0 Å². The van der Waals surface area contributed by atoms with Crippen LogP contribution in [0.25, 0.3) is 0 Å². The molecule has 1 heterocycles. The van der Waals surface area contributed by atoms with Crippen LogP contribution in [0.1, 0.15) is 27.3 Å². The van der Waals surface area contributed by atoms with E-state index in [1.807, 2.05) is 0 Å². The standard InChI is InChI=1S/C11H14N2O3S/c1-4-8(14)12-6-9-13-7(3)10(17-9)11(15)16-5-2/h4H,1,5-6H2,2-3H3,(H,12,14). The van der Waals surface area contributed by atoms with Gasteiger partial charge in [-0.1, -0.05) is 6.58 Å². The molecule has 0 radical (unpaired) electrons. The van der Waals surface area contributed by atoms with Crippen molar-refractivity contribution < 1.29 is 14.3 Å². The van der Waals surface area contributed by atoms with E-state index >= 15 is 0 Å². The maximum atomic E-state index is 11.5. The third kappa shape index (κ3) is 3.67. The maximum Gasteiger partial charge on any atom is 0.350 e. The predicted molar refractivity (Wildman–Crippen MR) is 64.9 cm³/mol. The van der Waals surface area contributed by atoms with E-state index in [-0.39, 0.29) is 18.4 Å². The summed E-state index contributed by atoms with van der Waals surface area (Å²) in [6, 6.07) is 0. The number of rotatable bonds is 5. The molecule has 0 fully saturated rings. The number of carbonyl (C=O) groups is 2. The summed E-state index contributed by atoms with van der Waals surface area (Å²) in [4.78, 5) is 27.2. The normalized spacial score (nSPS) is 9.76. The SMILES string of the molecule is C=CC(=O)NCc1nc(C)c(C(=O)OCC)s1. The second kappa shape index (κ2) is 6.15. The molecule has 1 aromatic heterocycles. The van der Waals surface area contributed by atoms with Crippen LogP contribution in [0, 0.1) is 6.92 Å². The van der Waals surface area contributed by atoms with Gasteiger partial charge in [-0.05, 0) is 19.9 Å². The van der Waals surface area contributed by atoms with Crippen LogP contribution >= 0.6 is 11.3 Å². The summed E-state index contributed by atoms with van der Waals surface area (Å²) in [6.07, 6.45) is 1.19. The average molecular weight is 254 g/mol. The highest BCUT2D eigenvalue weighted by Crippen LogP contribution is 2.18. The van der Waals surface area contributed by atoms with Crippen molar-refractivity contribution in [3.63, 3.8) is 0 Å².